The summed E-state index contributed by atoms with van der Waals surface area (Å²) in [6, 6.07) is 5.35. The second kappa shape index (κ2) is 4.20. The zero-order valence-electron chi connectivity index (χ0n) is 9.31. The SMILES string of the molecule is CO[C@H]1C=Cc2ccc(C(C)=O)cc2[C@@H]1O. The van der Waals surface area contributed by atoms with Crippen LogP contribution in [0.2, 0.25) is 0 Å². The van der Waals surface area contributed by atoms with Gasteiger partial charge in [-0.3, -0.25) is 4.79 Å². The van der Waals surface area contributed by atoms with Crippen molar-refractivity contribution in [2.75, 3.05) is 7.11 Å². The summed E-state index contributed by atoms with van der Waals surface area (Å²) in [6.45, 7) is 1.51. The third kappa shape index (κ3) is 1.79. The molecule has 84 valence electrons. The maximum Gasteiger partial charge on any atom is 0.159 e. The fourth-order valence-electron chi connectivity index (χ4n) is 1.89. The quantitative estimate of drug-likeness (QED) is 0.772. The Balaban J connectivity index is 2.46. The Morgan fingerprint density at radius 3 is 2.81 bits per heavy atom. The number of fused-ring (bicyclic) bond motifs is 1. The number of Topliss-reactive ketones (excluding diaryl/α,β-unsaturated/α-hetero) is 1. The molecule has 3 heteroatoms. The van der Waals surface area contributed by atoms with E-state index in [0.717, 1.165) is 11.1 Å². The van der Waals surface area contributed by atoms with Crippen LogP contribution >= 0.6 is 0 Å². The molecule has 1 aromatic rings. The molecule has 2 rings (SSSR count). The number of aliphatic hydroxyl groups is 1. The van der Waals surface area contributed by atoms with Gasteiger partial charge in [-0.1, -0.05) is 24.3 Å². The normalized spacial score (nSPS) is 22.9. The van der Waals surface area contributed by atoms with Crippen molar-refractivity contribution in [2.45, 2.75) is 19.1 Å². The molecule has 0 amide bonds. The number of benzene rings is 1. The van der Waals surface area contributed by atoms with E-state index in [2.05, 4.69) is 0 Å². The minimum Gasteiger partial charge on any atom is -0.385 e. The van der Waals surface area contributed by atoms with Gasteiger partial charge >= 0.3 is 0 Å². The molecule has 0 radical (unpaired) electrons. The minimum absolute atomic E-state index is 0.00137. The highest BCUT2D eigenvalue weighted by Gasteiger charge is 2.24. The van der Waals surface area contributed by atoms with Crippen LogP contribution in [0.1, 0.15) is 34.5 Å². The highest BCUT2D eigenvalue weighted by Crippen LogP contribution is 2.30. The van der Waals surface area contributed by atoms with Gasteiger partial charge in [0, 0.05) is 12.7 Å². The van der Waals surface area contributed by atoms with Gasteiger partial charge in [0.15, 0.2) is 5.78 Å². The van der Waals surface area contributed by atoms with Crippen molar-refractivity contribution in [1.82, 2.24) is 0 Å². The first-order valence-corrected chi connectivity index (χ1v) is 5.17. The number of hydrogen-bond acceptors (Lipinski definition) is 3. The van der Waals surface area contributed by atoms with E-state index in [9.17, 15) is 9.90 Å². The molecular weight excluding hydrogens is 204 g/mol. The number of aliphatic hydroxyl groups excluding tert-OH is 1. The molecule has 3 nitrogen and oxygen atoms in total. The van der Waals surface area contributed by atoms with E-state index < -0.39 is 6.10 Å². The largest absolute Gasteiger partial charge is 0.385 e. The average Bonchev–Trinajstić information content (AvgIpc) is 2.29. The highest BCUT2D eigenvalue weighted by molar-refractivity contribution is 5.94. The lowest BCUT2D eigenvalue weighted by Gasteiger charge is -2.24. The molecule has 0 heterocycles. The van der Waals surface area contributed by atoms with Crippen LogP contribution < -0.4 is 0 Å². The molecule has 1 N–H and O–H groups in total. The third-order valence-electron chi connectivity index (χ3n) is 2.86. The Labute approximate surface area is 94.4 Å². The van der Waals surface area contributed by atoms with E-state index in [-0.39, 0.29) is 11.9 Å². The number of carbonyl (C=O) groups is 1. The predicted molar refractivity (Wildman–Crippen MR) is 61.2 cm³/mol. The van der Waals surface area contributed by atoms with E-state index >= 15 is 0 Å². The van der Waals surface area contributed by atoms with Gasteiger partial charge in [0.25, 0.3) is 0 Å². The lowest BCUT2D eigenvalue weighted by atomic mass is 9.91. The number of carbonyl (C=O) groups excluding carboxylic acids is 1. The summed E-state index contributed by atoms with van der Waals surface area (Å²) in [5.41, 5.74) is 2.30. The zero-order chi connectivity index (χ0) is 11.7. The topological polar surface area (TPSA) is 46.5 Å². The van der Waals surface area contributed by atoms with Crippen LogP contribution in [0.15, 0.2) is 24.3 Å². The van der Waals surface area contributed by atoms with Crippen molar-refractivity contribution in [3.05, 3.63) is 41.0 Å². The first-order chi connectivity index (χ1) is 7.63. The van der Waals surface area contributed by atoms with E-state index in [4.69, 9.17) is 4.74 Å². The second-order valence-corrected chi connectivity index (χ2v) is 3.90. The molecule has 1 aromatic carbocycles. The van der Waals surface area contributed by atoms with E-state index in [1.165, 1.54) is 6.92 Å². The highest BCUT2D eigenvalue weighted by atomic mass is 16.5. The fraction of sp³-hybridized carbons (Fsp3) is 0.308. The van der Waals surface area contributed by atoms with Crippen LogP contribution in [0.3, 0.4) is 0 Å². The molecule has 0 bridgehead atoms. The molecular formula is C13H14O3. The maximum absolute atomic E-state index is 11.3. The molecule has 0 aliphatic heterocycles. The molecule has 1 aliphatic carbocycles. The first-order valence-electron chi connectivity index (χ1n) is 5.17. The Morgan fingerprint density at radius 1 is 1.44 bits per heavy atom. The van der Waals surface area contributed by atoms with Crippen LogP contribution in [0.5, 0.6) is 0 Å². The molecule has 1 aliphatic rings. The van der Waals surface area contributed by atoms with Crippen LogP contribution in [0.4, 0.5) is 0 Å². The number of hydrogen-bond donors (Lipinski definition) is 1. The van der Waals surface area contributed by atoms with Crippen molar-refractivity contribution in [1.29, 1.82) is 0 Å². The first kappa shape index (κ1) is 11.0. The summed E-state index contributed by atoms with van der Waals surface area (Å²) in [5.74, 6) is -0.00137. The summed E-state index contributed by atoms with van der Waals surface area (Å²) >= 11 is 0. The molecule has 0 saturated carbocycles. The number of methoxy groups -OCH3 is 1. The van der Waals surface area contributed by atoms with Gasteiger partial charge in [-0.2, -0.15) is 0 Å². The standard InChI is InChI=1S/C13H14O3/c1-8(14)10-4-3-9-5-6-12(16-2)13(15)11(9)7-10/h3-7,12-13,15H,1-2H3/t12-,13-/m0/s1. The molecule has 0 saturated heterocycles. The Kier molecular flexibility index (Phi) is 2.90. The van der Waals surface area contributed by atoms with Gasteiger partial charge in [0.05, 0.1) is 0 Å². The number of ketones is 1. The van der Waals surface area contributed by atoms with Crippen LogP contribution in [-0.4, -0.2) is 24.1 Å². The average molecular weight is 218 g/mol. The van der Waals surface area contributed by atoms with Gasteiger partial charge in [0.2, 0.25) is 0 Å². The number of ether oxygens (including phenoxy) is 1. The summed E-state index contributed by atoms with van der Waals surface area (Å²) in [6.07, 6.45) is 2.68. The van der Waals surface area contributed by atoms with Gasteiger partial charge in [0.1, 0.15) is 12.2 Å². The predicted octanol–water partition coefficient (Wildman–Crippen LogP) is 1.96. The van der Waals surface area contributed by atoms with E-state index in [1.54, 1.807) is 19.2 Å². The minimum atomic E-state index is -0.704. The van der Waals surface area contributed by atoms with Crippen molar-refractivity contribution in [3.8, 4) is 0 Å². The van der Waals surface area contributed by atoms with Crippen LogP contribution in [0.25, 0.3) is 6.08 Å². The zero-order valence-corrected chi connectivity index (χ0v) is 9.31. The molecule has 16 heavy (non-hydrogen) atoms. The van der Waals surface area contributed by atoms with Crippen molar-refractivity contribution in [3.63, 3.8) is 0 Å². The van der Waals surface area contributed by atoms with Gasteiger partial charge in [-0.15, -0.1) is 0 Å². The monoisotopic (exact) mass is 218 g/mol. The lowest BCUT2D eigenvalue weighted by Crippen LogP contribution is -2.22. The van der Waals surface area contributed by atoms with Crippen molar-refractivity contribution >= 4 is 11.9 Å². The van der Waals surface area contributed by atoms with E-state index in [0.29, 0.717) is 5.56 Å². The van der Waals surface area contributed by atoms with E-state index in [1.807, 2.05) is 18.2 Å². The van der Waals surface area contributed by atoms with Gasteiger partial charge in [-0.05, 0) is 24.1 Å². The molecule has 0 spiro atoms. The molecule has 0 aromatic heterocycles. The van der Waals surface area contributed by atoms with Crippen molar-refractivity contribution in [2.24, 2.45) is 0 Å². The third-order valence-corrected chi connectivity index (χ3v) is 2.86. The summed E-state index contributed by atoms with van der Waals surface area (Å²) in [5, 5.41) is 10.0. The van der Waals surface area contributed by atoms with Crippen LogP contribution in [0, 0.1) is 0 Å². The van der Waals surface area contributed by atoms with Crippen molar-refractivity contribution < 1.29 is 14.6 Å². The fourth-order valence-corrected chi connectivity index (χ4v) is 1.89. The van der Waals surface area contributed by atoms with Gasteiger partial charge < -0.3 is 9.84 Å². The lowest BCUT2D eigenvalue weighted by molar-refractivity contribution is 0.0150. The smallest absolute Gasteiger partial charge is 0.159 e. The molecule has 2 atom stereocenters. The summed E-state index contributed by atoms with van der Waals surface area (Å²) in [4.78, 5) is 11.3. The maximum atomic E-state index is 11.3. The number of rotatable bonds is 2. The van der Waals surface area contributed by atoms with Crippen LogP contribution in [-0.2, 0) is 4.74 Å². The summed E-state index contributed by atoms with van der Waals surface area (Å²) < 4.78 is 5.14. The Morgan fingerprint density at radius 2 is 2.19 bits per heavy atom. The second-order valence-electron chi connectivity index (χ2n) is 3.90. The summed E-state index contributed by atoms with van der Waals surface area (Å²) in [7, 11) is 1.55. The van der Waals surface area contributed by atoms with Gasteiger partial charge in [-0.25, -0.2) is 0 Å². The molecule has 0 unspecified atom stereocenters. The molecule has 0 fully saturated rings. The Hall–Kier alpha value is -1.45. The Bertz CT molecular complexity index is 448.